The average molecular weight is 204 g/mol. The summed E-state index contributed by atoms with van der Waals surface area (Å²) in [7, 11) is 0. The van der Waals surface area contributed by atoms with Gasteiger partial charge < -0.3 is 5.73 Å². The minimum Gasteiger partial charge on any atom is -0.328 e. The van der Waals surface area contributed by atoms with Gasteiger partial charge in [-0.2, -0.15) is 0 Å². The molecule has 1 aromatic rings. The van der Waals surface area contributed by atoms with E-state index in [1.807, 2.05) is 31.2 Å². The summed E-state index contributed by atoms with van der Waals surface area (Å²) in [4.78, 5) is 0. The Labute approximate surface area is 84.5 Å². The van der Waals surface area contributed by atoms with Crippen LogP contribution in [-0.2, 0) is 6.42 Å². The number of halogens is 2. The number of hydrogen-bond donors (Lipinski definition) is 1. The van der Waals surface area contributed by atoms with Gasteiger partial charge in [0.1, 0.15) is 6.17 Å². The standard InChI is InChI=1S/C10H14FN.ClH/c1-8-3-2-4-9(5-8)6-10(11)7-12;/h2-5,10H,6-7,12H2,1H3;1H. The van der Waals surface area contributed by atoms with Crippen molar-refractivity contribution in [3.8, 4) is 0 Å². The normalized spacial score (nSPS) is 11.9. The van der Waals surface area contributed by atoms with Crippen LogP contribution in [0.5, 0.6) is 0 Å². The summed E-state index contributed by atoms with van der Waals surface area (Å²) in [6.45, 7) is 2.10. The van der Waals surface area contributed by atoms with Gasteiger partial charge in [0, 0.05) is 13.0 Å². The van der Waals surface area contributed by atoms with Crippen LogP contribution in [0.1, 0.15) is 11.1 Å². The molecule has 1 unspecified atom stereocenters. The Hall–Kier alpha value is -0.600. The van der Waals surface area contributed by atoms with Crippen molar-refractivity contribution in [3.63, 3.8) is 0 Å². The molecule has 0 saturated carbocycles. The molecule has 0 bridgehead atoms. The Kier molecular flexibility index (Phi) is 5.67. The largest absolute Gasteiger partial charge is 0.328 e. The third kappa shape index (κ3) is 4.25. The highest BCUT2D eigenvalue weighted by molar-refractivity contribution is 5.85. The lowest BCUT2D eigenvalue weighted by Gasteiger charge is -2.05. The zero-order chi connectivity index (χ0) is 8.97. The maximum atomic E-state index is 12.8. The van der Waals surface area contributed by atoms with E-state index in [1.54, 1.807) is 0 Å². The zero-order valence-corrected chi connectivity index (χ0v) is 8.48. The molecule has 2 N–H and O–H groups in total. The molecule has 1 aromatic carbocycles. The lowest BCUT2D eigenvalue weighted by atomic mass is 10.1. The molecule has 3 heteroatoms. The summed E-state index contributed by atoms with van der Waals surface area (Å²) < 4.78 is 12.8. The van der Waals surface area contributed by atoms with Gasteiger partial charge in [-0.15, -0.1) is 12.4 Å². The van der Waals surface area contributed by atoms with Gasteiger partial charge in [0.25, 0.3) is 0 Å². The number of aryl methyl sites for hydroxylation is 1. The number of hydrogen-bond acceptors (Lipinski definition) is 1. The van der Waals surface area contributed by atoms with Gasteiger partial charge in [-0.05, 0) is 12.5 Å². The fourth-order valence-electron chi connectivity index (χ4n) is 1.18. The van der Waals surface area contributed by atoms with Crippen LogP contribution in [0.25, 0.3) is 0 Å². The van der Waals surface area contributed by atoms with Crippen LogP contribution in [0.3, 0.4) is 0 Å². The van der Waals surface area contributed by atoms with Crippen LogP contribution in [0.4, 0.5) is 4.39 Å². The summed E-state index contributed by atoms with van der Waals surface area (Å²) in [6.07, 6.45) is -0.482. The van der Waals surface area contributed by atoms with Gasteiger partial charge in [-0.25, -0.2) is 4.39 Å². The van der Waals surface area contributed by atoms with E-state index in [4.69, 9.17) is 5.73 Å². The molecule has 0 aliphatic heterocycles. The summed E-state index contributed by atoms with van der Waals surface area (Å²) in [5, 5.41) is 0. The zero-order valence-electron chi connectivity index (χ0n) is 7.66. The van der Waals surface area contributed by atoms with Crippen LogP contribution in [0.2, 0.25) is 0 Å². The third-order valence-corrected chi connectivity index (χ3v) is 1.80. The average Bonchev–Trinajstić information content (AvgIpc) is 2.04. The first kappa shape index (κ1) is 12.4. The molecule has 74 valence electrons. The second kappa shape index (κ2) is 5.95. The Morgan fingerprint density at radius 2 is 2.15 bits per heavy atom. The Bertz CT molecular complexity index is 252. The molecule has 1 nitrogen and oxygen atoms in total. The van der Waals surface area contributed by atoms with E-state index in [2.05, 4.69) is 0 Å². The van der Waals surface area contributed by atoms with E-state index in [0.717, 1.165) is 11.1 Å². The Morgan fingerprint density at radius 3 is 2.69 bits per heavy atom. The lowest BCUT2D eigenvalue weighted by molar-refractivity contribution is 0.340. The van der Waals surface area contributed by atoms with Crippen molar-refractivity contribution in [1.29, 1.82) is 0 Å². The highest BCUT2D eigenvalue weighted by atomic mass is 35.5. The van der Waals surface area contributed by atoms with Crippen molar-refractivity contribution in [2.75, 3.05) is 6.54 Å². The molecule has 0 aliphatic rings. The molecule has 0 amide bonds. The minimum atomic E-state index is -0.910. The molecule has 0 aliphatic carbocycles. The van der Waals surface area contributed by atoms with Crippen LogP contribution in [0.15, 0.2) is 24.3 Å². The third-order valence-electron chi connectivity index (χ3n) is 1.80. The molecule has 0 heterocycles. The topological polar surface area (TPSA) is 26.0 Å². The molecule has 1 rings (SSSR count). The predicted molar refractivity (Wildman–Crippen MR) is 56.1 cm³/mol. The fourth-order valence-corrected chi connectivity index (χ4v) is 1.18. The van der Waals surface area contributed by atoms with E-state index in [9.17, 15) is 4.39 Å². The van der Waals surface area contributed by atoms with Crippen molar-refractivity contribution in [2.24, 2.45) is 5.73 Å². The van der Waals surface area contributed by atoms with Crippen LogP contribution in [-0.4, -0.2) is 12.7 Å². The van der Waals surface area contributed by atoms with Crippen molar-refractivity contribution >= 4 is 12.4 Å². The minimum absolute atomic E-state index is 0. The van der Waals surface area contributed by atoms with E-state index in [1.165, 1.54) is 0 Å². The van der Waals surface area contributed by atoms with Crippen LogP contribution >= 0.6 is 12.4 Å². The fraction of sp³-hybridized carbons (Fsp3) is 0.400. The second-order valence-corrected chi connectivity index (χ2v) is 3.03. The van der Waals surface area contributed by atoms with E-state index in [0.29, 0.717) is 6.42 Å². The van der Waals surface area contributed by atoms with Crippen molar-refractivity contribution in [1.82, 2.24) is 0 Å². The van der Waals surface area contributed by atoms with E-state index < -0.39 is 6.17 Å². The SMILES string of the molecule is Cc1cccc(CC(F)CN)c1.Cl. The van der Waals surface area contributed by atoms with E-state index >= 15 is 0 Å². The first-order chi connectivity index (χ1) is 5.72. The number of alkyl halides is 1. The van der Waals surface area contributed by atoms with E-state index in [-0.39, 0.29) is 19.0 Å². The lowest BCUT2D eigenvalue weighted by Crippen LogP contribution is -2.17. The maximum Gasteiger partial charge on any atom is 0.116 e. The van der Waals surface area contributed by atoms with Gasteiger partial charge in [-0.1, -0.05) is 29.8 Å². The van der Waals surface area contributed by atoms with Crippen LogP contribution in [0, 0.1) is 6.92 Å². The van der Waals surface area contributed by atoms with Crippen LogP contribution < -0.4 is 5.73 Å². The molecule has 0 aromatic heterocycles. The molecule has 1 atom stereocenters. The highest BCUT2D eigenvalue weighted by Gasteiger charge is 2.04. The smallest absolute Gasteiger partial charge is 0.116 e. The molecule has 0 spiro atoms. The summed E-state index contributed by atoms with van der Waals surface area (Å²) in [5.41, 5.74) is 7.37. The van der Waals surface area contributed by atoms with Gasteiger partial charge in [0.2, 0.25) is 0 Å². The quantitative estimate of drug-likeness (QED) is 0.802. The molecular formula is C10H15ClFN. The summed E-state index contributed by atoms with van der Waals surface area (Å²) in [6, 6.07) is 7.85. The van der Waals surface area contributed by atoms with Gasteiger partial charge in [0.15, 0.2) is 0 Å². The molecule has 0 saturated heterocycles. The highest BCUT2D eigenvalue weighted by Crippen LogP contribution is 2.07. The molecular weight excluding hydrogens is 189 g/mol. The molecule has 13 heavy (non-hydrogen) atoms. The molecule has 0 fully saturated rings. The van der Waals surface area contributed by atoms with Crippen molar-refractivity contribution < 1.29 is 4.39 Å². The van der Waals surface area contributed by atoms with Crippen molar-refractivity contribution in [3.05, 3.63) is 35.4 Å². The van der Waals surface area contributed by atoms with Gasteiger partial charge in [0.05, 0.1) is 0 Å². The first-order valence-electron chi connectivity index (χ1n) is 4.12. The predicted octanol–water partition coefficient (Wildman–Crippen LogP) is 2.26. The summed E-state index contributed by atoms with van der Waals surface area (Å²) >= 11 is 0. The van der Waals surface area contributed by atoms with Gasteiger partial charge >= 0.3 is 0 Å². The number of rotatable bonds is 3. The van der Waals surface area contributed by atoms with Crippen molar-refractivity contribution in [2.45, 2.75) is 19.5 Å². The Balaban J connectivity index is 0.00000144. The monoisotopic (exact) mass is 203 g/mol. The maximum absolute atomic E-state index is 12.8. The summed E-state index contributed by atoms with van der Waals surface area (Å²) in [5.74, 6) is 0. The molecule has 0 radical (unpaired) electrons. The first-order valence-corrected chi connectivity index (χ1v) is 4.12. The number of benzene rings is 1. The second-order valence-electron chi connectivity index (χ2n) is 3.03. The Morgan fingerprint density at radius 1 is 1.46 bits per heavy atom. The van der Waals surface area contributed by atoms with Gasteiger partial charge in [-0.3, -0.25) is 0 Å². The number of nitrogens with two attached hydrogens (primary N) is 1.